The molecule has 0 saturated carbocycles. The second kappa shape index (κ2) is 6.70. The van der Waals surface area contributed by atoms with Crippen molar-refractivity contribution in [2.24, 2.45) is 0 Å². The molecule has 0 saturated heterocycles. The van der Waals surface area contributed by atoms with Gasteiger partial charge in [0, 0.05) is 31.9 Å². The van der Waals surface area contributed by atoms with Crippen LogP contribution in [0.15, 0.2) is 48.7 Å². The molecule has 1 aromatic heterocycles. The first kappa shape index (κ1) is 14.1. The van der Waals surface area contributed by atoms with Crippen molar-refractivity contribution < 1.29 is 9.90 Å². The van der Waals surface area contributed by atoms with Gasteiger partial charge in [0.05, 0.1) is 6.42 Å². The van der Waals surface area contributed by atoms with Crippen LogP contribution in [-0.4, -0.2) is 34.5 Å². The van der Waals surface area contributed by atoms with Crippen LogP contribution in [0.25, 0.3) is 0 Å². The number of rotatable bonds is 5. The lowest BCUT2D eigenvalue weighted by molar-refractivity contribution is -0.129. The first-order valence-electron chi connectivity index (χ1n) is 6.57. The van der Waals surface area contributed by atoms with E-state index in [9.17, 15) is 9.90 Å². The van der Waals surface area contributed by atoms with E-state index in [0.29, 0.717) is 13.0 Å². The second-order valence-corrected chi connectivity index (χ2v) is 4.73. The minimum absolute atomic E-state index is 0.0338. The third-order valence-electron chi connectivity index (χ3n) is 3.12. The SMILES string of the molecule is CN(CCc1ccccn1)C(=O)Cc1cccc(O)c1. The predicted octanol–water partition coefficient (Wildman–Crippen LogP) is 2.03. The normalized spacial score (nSPS) is 10.2. The molecule has 104 valence electrons. The fourth-order valence-electron chi connectivity index (χ4n) is 1.93. The Hall–Kier alpha value is -2.36. The Morgan fingerprint density at radius 2 is 2.10 bits per heavy atom. The number of hydrogen-bond acceptors (Lipinski definition) is 3. The van der Waals surface area contributed by atoms with Crippen molar-refractivity contribution in [3.05, 3.63) is 59.9 Å². The van der Waals surface area contributed by atoms with E-state index in [0.717, 1.165) is 17.7 Å². The minimum Gasteiger partial charge on any atom is -0.508 e. The van der Waals surface area contributed by atoms with Gasteiger partial charge in [0.2, 0.25) is 5.91 Å². The Morgan fingerprint density at radius 3 is 2.80 bits per heavy atom. The molecule has 0 unspecified atom stereocenters. The van der Waals surface area contributed by atoms with Crippen LogP contribution in [0.3, 0.4) is 0 Å². The average Bonchev–Trinajstić information content (AvgIpc) is 2.46. The minimum atomic E-state index is 0.0338. The van der Waals surface area contributed by atoms with Crippen molar-refractivity contribution in [1.29, 1.82) is 0 Å². The topological polar surface area (TPSA) is 53.4 Å². The maximum absolute atomic E-state index is 12.1. The Bertz CT molecular complexity index is 570. The number of amides is 1. The highest BCUT2D eigenvalue weighted by molar-refractivity contribution is 5.78. The molecule has 0 spiro atoms. The van der Waals surface area contributed by atoms with Crippen LogP contribution in [-0.2, 0) is 17.6 Å². The van der Waals surface area contributed by atoms with Gasteiger partial charge < -0.3 is 10.0 Å². The standard InChI is InChI=1S/C16H18N2O2/c1-18(10-8-14-6-2-3-9-17-14)16(20)12-13-5-4-7-15(19)11-13/h2-7,9,11,19H,8,10,12H2,1H3. The van der Waals surface area contributed by atoms with E-state index >= 15 is 0 Å². The lowest BCUT2D eigenvalue weighted by atomic mass is 10.1. The lowest BCUT2D eigenvalue weighted by Crippen LogP contribution is -2.30. The van der Waals surface area contributed by atoms with Crippen LogP contribution in [0.2, 0.25) is 0 Å². The fraction of sp³-hybridized carbons (Fsp3) is 0.250. The maximum Gasteiger partial charge on any atom is 0.226 e. The first-order valence-corrected chi connectivity index (χ1v) is 6.57. The molecule has 0 aliphatic rings. The number of pyridine rings is 1. The Balaban J connectivity index is 1.86. The first-order chi connectivity index (χ1) is 9.65. The molecule has 0 aliphatic heterocycles. The number of benzene rings is 1. The summed E-state index contributed by atoms with van der Waals surface area (Å²) in [7, 11) is 1.79. The van der Waals surface area contributed by atoms with Gasteiger partial charge in [-0.05, 0) is 29.8 Å². The van der Waals surface area contributed by atoms with Gasteiger partial charge in [0.1, 0.15) is 5.75 Å². The molecule has 1 aromatic carbocycles. The van der Waals surface area contributed by atoms with Crippen LogP contribution in [0.4, 0.5) is 0 Å². The Labute approximate surface area is 118 Å². The van der Waals surface area contributed by atoms with Crippen molar-refractivity contribution in [2.75, 3.05) is 13.6 Å². The molecule has 4 nitrogen and oxygen atoms in total. The number of hydrogen-bond donors (Lipinski definition) is 1. The molecule has 0 fully saturated rings. The summed E-state index contributed by atoms with van der Waals surface area (Å²) in [6, 6.07) is 12.6. The highest BCUT2D eigenvalue weighted by atomic mass is 16.3. The zero-order valence-corrected chi connectivity index (χ0v) is 11.5. The van der Waals surface area contributed by atoms with Crippen molar-refractivity contribution in [3.63, 3.8) is 0 Å². The number of nitrogens with zero attached hydrogens (tertiary/aromatic N) is 2. The van der Waals surface area contributed by atoms with E-state index in [1.807, 2.05) is 24.3 Å². The third-order valence-corrected chi connectivity index (χ3v) is 3.12. The number of likely N-dealkylation sites (N-methyl/N-ethyl adjacent to an activating group) is 1. The molecular weight excluding hydrogens is 252 g/mol. The molecule has 2 rings (SSSR count). The Morgan fingerprint density at radius 1 is 1.25 bits per heavy atom. The molecule has 1 heterocycles. The number of aromatic hydroxyl groups is 1. The molecule has 0 radical (unpaired) electrons. The quantitative estimate of drug-likeness (QED) is 0.904. The third kappa shape index (κ3) is 4.09. The van der Waals surface area contributed by atoms with E-state index in [1.54, 1.807) is 36.3 Å². The molecule has 0 bridgehead atoms. The average molecular weight is 270 g/mol. The van der Waals surface area contributed by atoms with Crippen molar-refractivity contribution in [2.45, 2.75) is 12.8 Å². The molecular formula is C16H18N2O2. The largest absolute Gasteiger partial charge is 0.508 e. The lowest BCUT2D eigenvalue weighted by Gasteiger charge is -2.17. The van der Waals surface area contributed by atoms with E-state index in [1.165, 1.54) is 0 Å². The van der Waals surface area contributed by atoms with Crippen molar-refractivity contribution >= 4 is 5.91 Å². The monoisotopic (exact) mass is 270 g/mol. The van der Waals surface area contributed by atoms with E-state index in [4.69, 9.17) is 0 Å². The summed E-state index contributed by atoms with van der Waals surface area (Å²) in [5.74, 6) is 0.220. The molecule has 1 amide bonds. The summed E-state index contributed by atoms with van der Waals surface area (Å²) < 4.78 is 0. The smallest absolute Gasteiger partial charge is 0.226 e. The molecule has 0 aliphatic carbocycles. The van der Waals surface area contributed by atoms with Gasteiger partial charge in [-0.2, -0.15) is 0 Å². The number of carbonyl (C=O) groups excluding carboxylic acids is 1. The summed E-state index contributed by atoms with van der Waals surface area (Å²) in [4.78, 5) is 18.0. The zero-order valence-electron chi connectivity index (χ0n) is 11.5. The van der Waals surface area contributed by atoms with Gasteiger partial charge in [0.15, 0.2) is 0 Å². The molecule has 2 aromatic rings. The van der Waals surface area contributed by atoms with Crippen LogP contribution >= 0.6 is 0 Å². The fourth-order valence-corrected chi connectivity index (χ4v) is 1.93. The van der Waals surface area contributed by atoms with Gasteiger partial charge in [0.25, 0.3) is 0 Å². The van der Waals surface area contributed by atoms with Crippen LogP contribution in [0.1, 0.15) is 11.3 Å². The predicted molar refractivity (Wildman–Crippen MR) is 77.4 cm³/mol. The van der Waals surface area contributed by atoms with Gasteiger partial charge in [-0.25, -0.2) is 0 Å². The Kier molecular flexibility index (Phi) is 4.71. The van der Waals surface area contributed by atoms with Crippen molar-refractivity contribution in [3.8, 4) is 5.75 Å². The van der Waals surface area contributed by atoms with Crippen molar-refractivity contribution in [1.82, 2.24) is 9.88 Å². The summed E-state index contributed by atoms with van der Waals surface area (Å²) in [6.07, 6.45) is 2.79. The summed E-state index contributed by atoms with van der Waals surface area (Å²) in [5.41, 5.74) is 1.80. The van der Waals surface area contributed by atoms with Crippen LogP contribution in [0, 0.1) is 0 Å². The van der Waals surface area contributed by atoms with Gasteiger partial charge in [-0.1, -0.05) is 18.2 Å². The highest BCUT2D eigenvalue weighted by Gasteiger charge is 2.10. The van der Waals surface area contributed by atoms with Gasteiger partial charge >= 0.3 is 0 Å². The highest BCUT2D eigenvalue weighted by Crippen LogP contribution is 2.12. The second-order valence-electron chi connectivity index (χ2n) is 4.73. The number of phenols is 1. The van der Waals surface area contributed by atoms with E-state index in [-0.39, 0.29) is 11.7 Å². The number of carbonyl (C=O) groups is 1. The van der Waals surface area contributed by atoms with E-state index < -0.39 is 0 Å². The van der Waals surface area contributed by atoms with E-state index in [2.05, 4.69) is 4.98 Å². The van der Waals surface area contributed by atoms with Gasteiger partial charge in [-0.3, -0.25) is 9.78 Å². The molecule has 0 atom stereocenters. The maximum atomic E-state index is 12.1. The molecule has 4 heteroatoms. The number of aromatic nitrogens is 1. The molecule has 20 heavy (non-hydrogen) atoms. The van der Waals surface area contributed by atoms with Crippen LogP contribution in [0.5, 0.6) is 5.75 Å². The van der Waals surface area contributed by atoms with Crippen LogP contribution < -0.4 is 0 Å². The summed E-state index contributed by atoms with van der Waals surface area (Å²) >= 11 is 0. The molecule has 1 N–H and O–H groups in total. The number of phenolic OH excluding ortho intramolecular Hbond substituents is 1. The summed E-state index contributed by atoms with van der Waals surface area (Å²) in [6.45, 7) is 0.634. The van der Waals surface area contributed by atoms with Gasteiger partial charge in [-0.15, -0.1) is 0 Å². The zero-order chi connectivity index (χ0) is 14.4. The summed E-state index contributed by atoms with van der Waals surface area (Å²) in [5, 5.41) is 9.38.